The SMILES string of the molecule is CCC(=O)NCC(=O)N1CCOCC1c1c(C)nn(-c2ccccc2F)c1C. The van der Waals surface area contributed by atoms with Gasteiger partial charge in [-0.15, -0.1) is 0 Å². The highest BCUT2D eigenvalue weighted by Gasteiger charge is 2.33. The standard InChI is InChI=1S/C20H25FN4O3/c1-4-18(26)22-11-19(27)24-9-10-28-12-17(24)20-13(2)23-25(14(20)3)16-8-6-5-7-15(16)21/h5-8,17H,4,9-12H2,1-3H3,(H,22,26). The summed E-state index contributed by atoms with van der Waals surface area (Å²) in [5, 5.41) is 7.14. The van der Waals surface area contributed by atoms with Gasteiger partial charge in [-0.3, -0.25) is 9.59 Å². The van der Waals surface area contributed by atoms with Crippen LogP contribution in [0.1, 0.15) is 36.3 Å². The number of ether oxygens (including phenoxy) is 1. The molecule has 2 amide bonds. The maximum absolute atomic E-state index is 14.3. The van der Waals surface area contributed by atoms with Gasteiger partial charge in [-0.1, -0.05) is 19.1 Å². The molecule has 0 saturated carbocycles. The van der Waals surface area contributed by atoms with Crippen molar-refractivity contribution in [3.8, 4) is 5.69 Å². The summed E-state index contributed by atoms with van der Waals surface area (Å²) in [5.74, 6) is -0.708. The Labute approximate surface area is 163 Å². The fourth-order valence-electron chi connectivity index (χ4n) is 3.54. The van der Waals surface area contributed by atoms with Crippen LogP contribution in [0.5, 0.6) is 0 Å². The number of benzene rings is 1. The minimum absolute atomic E-state index is 0.0529. The van der Waals surface area contributed by atoms with Crippen molar-refractivity contribution in [1.82, 2.24) is 20.0 Å². The number of nitrogens with one attached hydrogen (secondary N) is 1. The van der Waals surface area contributed by atoms with Gasteiger partial charge in [0.1, 0.15) is 11.5 Å². The third kappa shape index (κ3) is 3.91. The van der Waals surface area contributed by atoms with Crippen molar-refractivity contribution in [1.29, 1.82) is 0 Å². The zero-order chi connectivity index (χ0) is 20.3. The molecular weight excluding hydrogens is 363 g/mol. The second kappa shape index (κ2) is 8.52. The van der Waals surface area contributed by atoms with Crippen LogP contribution in [0.2, 0.25) is 0 Å². The maximum atomic E-state index is 14.3. The third-order valence-corrected chi connectivity index (χ3v) is 4.97. The molecule has 28 heavy (non-hydrogen) atoms. The molecule has 1 unspecified atom stereocenters. The number of morpholine rings is 1. The van der Waals surface area contributed by atoms with Crippen LogP contribution in [0.15, 0.2) is 24.3 Å². The van der Waals surface area contributed by atoms with E-state index < -0.39 is 0 Å². The first kappa shape index (κ1) is 20.0. The first-order valence-electron chi connectivity index (χ1n) is 9.39. The highest BCUT2D eigenvalue weighted by Crippen LogP contribution is 2.31. The lowest BCUT2D eigenvalue weighted by Crippen LogP contribution is -2.47. The smallest absolute Gasteiger partial charge is 0.242 e. The van der Waals surface area contributed by atoms with E-state index in [0.717, 1.165) is 11.3 Å². The van der Waals surface area contributed by atoms with E-state index in [1.165, 1.54) is 6.07 Å². The van der Waals surface area contributed by atoms with Crippen molar-refractivity contribution >= 4 is 11.8 Å². The number of rotatable bonds is 5. The molecule has 8 heteroatoms. The molecule has 1 aromatic carbocycles. The Hall–Kier alpha value is -2.74. The van der Waals surface area contributed by atoms with E-state index >= 15 is 0 Å². The number of para-hydroxylation sites is 1. The van der Waals surface area contributed by atoms with E-state index in [2.05, 4.69) is 10.4 Å². The number of hydrogen-bond donors (Lipinski definition) is 1. The number of hydrogen-bond acceptors (Lipinski definition) is 4. The molecule has 1 aliphatic rings. The van der Waals surface area contributed by atoms with Crippen molar-refractivity contribution in [2.24, 2.45) is 0 Å². The Balaban J connectivity index is 1.91. The molecule has 0 radical (unpaired) electrons. The van der Waals surface area contributed by atoms with Crippen LogP contribution in [-0.4, -0.2) is 52.8 Å². The van der Waals surface area contributed by atoms with Gasteiger partial charge in [0.05, 0.1) is 31.5 Å². The topological polar surface area (TPSA) is 76.5 Å². The van der Waals surface area contributed by atoms with Crippen LogP contribution in [0.4, 0.5) is 4.39 Å². The van der Waals surface area contributed by atoms with E-state index in [0.29, 0.717) is 37.6 Å². The van der Waals surface area contributed by atoms with Crippen LogP contribution in [-0.2, 0) is 14.3 Å². The predicted molar refractivity (Wildman–Crippen MR) is 102 cm³/mol. The van der Waals surface area contributed by atoms with Crippen molar-refractivity contribution < 1.29 is 18.7 Å². The molecule has 1 saturated heterocycles. The zero-order valence-corrected chi connectivity index (χ0v) is 16.4. The van der Waals surface area contributed by atoms with Crippen molar-refractivity contribution in [2.45, 2.75) is 33.2 Å². The summed E-state index contributed by atoms with van der Waals surface area (Å²) in [5.41, 5.74) is 2.68. The molecule has 1 aliphatic heterocycles. The van der Waals surface area contributed by atoms with Crippen LogP contribution in [0.25, 0.3) is 5.69 Å². The summed E-state index contributed by atoms with van der Waals surface area (Å²) >= 11 is 0. The highest BCUT2D eigenvalue weighted by atomic mass is 19.1. The van der Waals surface area contributed by atoms with Crippen LogP contribution in [0.3, 0.4) is 0 Å². The largest absolute Gasteiger partial charge is 0.377 e. The molecule has 150 valence electrons. The van der Waals surface area contributed by atoms with Crippen molar-refractivity contribution in [3.05, 3.63) is 47.0 Å². The molecule has 0 aliphatic carbocycles. The Morgan fingerprint density at radius 3 is 2.79 bits per heavy atom. The molecule has 0 spiro atoms. The fraction of sp³-hybridized carbons (Fsp3) is 0.450. The van der Waals surface area contributed by atoms with Crippen LogP contribution in [0, 0.1) is 19.7 Å². The van der Waals surface area contributed by atoms with E-state index in [-0.39, 0.29) is 30.2 Å². The number of carbonyl (C=O) groups is 2. The summed E-state index contributed by atoms with van der Waals surface area (Å²) in [6, 6.07) is 6.11. The van der Waals surface area contributed by atoms with Crippen molar-refractivity contribution in [2.75, 3.05) is 26.3 Å². The summed E-state index contributed by atoms with van der Waals surface area (Å²) in [6.07, 6.45) is 0.327. The maximum Gasteiger partial charge on any atom is 0.242 e. The monoisotopic (exact) mass is 388 g/mol. The average molecular weight is 388 g/mol. The van der Waals surface area contributed by atoms with Gasteiger partial charge in [0.15, 0.2) is 0 Å². The first-order valence-corrected chi connectivity index (χ1v) is 9.39. The second-order valence-electron chi connectivity index (χ2n) is 6.76. The Morgan fingerprint density at radius 2 is 2.07 bits per heavy atom. The number of amides is 2. The van der Waals surface area contributed by atoms with Gasteiger partial charge >= 0.3 is 0 Å². The minimum Gasteiger partial charge on any atom is -0.377 e. The molecule has 0 bridgehead atoms. The summed E-state index contributed by atoms with van der Waals surface area (Å²) < 4.78 is 21.4. The van der Waals surface area contributed by atoms with Gasteiger partial charge in [0.2, 0.25) is 11.8 Å². The number of halogens is 1. The van der Waals surface area contributed by atoms with Crippen LogP contribution >= 0.6 is 0 Å². The molecule has 1 atom stereocenters. The van der Waals surface area contributed by atoms with E-state index in [1.54, 1.807) is 34.7 Å². The summed E-state index contributed by atoms with van der Waals surface area (Å²) in [4.78, 5) is 25.9. The summed E-state index contributed by atoms with van der Waals surface area (Å²) in [6.45, 7) is 6.58. The normalized spacial score (nSPS) is 16.9. The lowest BCUT2D eigenvalue weighted by Gasteiger charge is -2.36. The highest BCUT2D eigenvalue weighted by molar-refractivity contribution is 5.85. The average Bonchev–Trinajstić information content (AvgIpc) is 3.00. The van der Waals surface area contributed by atoms with Gasteiger partial charge in [-0.05, 0) is 26.0 Å². The van der Waals surface area contributed by atoms with Crippen LogP contribution < -0.4 is 5.32 Å². The number of aromatic nitrogens is 2. The molecule has 1 fully saturated rings. The lowest BCUT2D eigenvalue weighted by molar-refractivity contribution is -0.140. The molecule has 2 aromatic rings. The molecule has 1 aromatic heterocycles. The van der Waals surface area contributed by atoms with Gasteiger partial charge in [-0.25, -0.2) is 9.07 Å². The molecular formula is C20H25FN4O3. The number of carbonyl (C=O) groups excluding carboxylic acids is 2. The van der Waals surface area contributed by atoms with Crippen molar-refractivity contribution in [3.63, 3.8) is 0 Å². The minimum atomic E-state index is -0.366. The first-order chi connectivity index (χ1) is 13.4. The van der Waals surface area contributed by atoms with Gasteiger partial charge in [0, 0.05) is 24.2 Å². The van der Waals surface area contributed by atoms with E-state index in [9.17, 15) is 14.0 Å². The molecule has 1 N–H and O–H groups in total. The quantitative estimate of drug-likeness (QED) is 0.851. The Bertz CT molecular complexity index is 880. The number of aryl methyl sites for hydroxylation is 1. The Kier molecular flexibility index (Phi) is 6.08. The van der Waals surface area contributed by atoms with E-state index in [4.69, 9.17) is 4.74 Å². The van der Waals surface area contributed by atoms with Gasteiger partial charge in [-0.2, -0.15) is 5.10 Å². The lowest BCUT2D eigenvalue weighted by atomic mass is 10.0. The molecule has 2 heterocycles. The molecule has 7 nitrogen and oxygen atoms in total. The van der Waals surface area contributed by atoms with E-state index in [1.807, 2.05) is 13.8 Å². The third-order valence-electron chi connectivity index (χ3n) is 4.97. The van der Waals surface area contributed by atoms with Gasteiger partial charge in [0.25, 0.3) is 0 Å². The molecule has 3 rings (SSSR count). The predicted octanol–water partition coefficient (Wildman–Crippen LogP) is 2.05. The number of nitrogens with zero attached hydrogens (tertiary/aromatic N) is 3. The second-order valence-corrected chi connectivity index (χ2v) is 6.76. The van der Waals surface area contributed by atoms with Gasteiger partial charge < -0.3 is 15.0 Å². The fourth-order valence-corrected chi connectivity index (χ4v) is 3.54. The Morgan fingerprint density at radius 1 is 1.32 bits per heavy atom. The zero-order valence-electron chi connectivity index (χ0n) is 16.4. The summed E-state index contributed by atoms with van der Waals surface area (Å²) in [7, 11) is 0.